The third-order valence-electron chi connectivity index (χ3n) is 3.59. The summed E-state index contributed by atoms with van der Waals surface area (Å²) in [5, 5.41) is 4.11. The molecular weight excluding hydrogens is 338 g/mol. The van der Waals surface area contributed by atoms with E-state index >= 15 is 0 Å². The fourth-order valence-corrected chi connectivity index (χ4v) is 3.47. The van der Waals surface area contributed by atoms with Crippen LogP contribution in [0.3, 0.4) is 0 Å². The van der Waals surface area contributed by atoms with Gasteiger partial charge in [0.1, 0.15) is 5.75 Å². The van der Waals surface area contributed by atoms with E-state index in [0.29, 0.717) is 0 Å². The van der Waals surface area contributed by atoms with Gasteiger partial charge in [0.2, 0.25) is 0 Å². The van der Waals surface area contributed by atoms with E-state index < -0.39 is 0 Å². The van der Waals surface area contributed by atoms with Crippen LogP contribution in [-0.2, 0) is 6.42 Å². The summed E-state index contributed by atoms with van der Waals surface area (Å²) in [7, 11) is 1.94. The largest absolute Gasteiger partial charge is 0.493 e. The smallest absolute Gasteiger partial charge is 0.127 e. The molecule has 0 aliphatic carbocycles. The van der Waals surface area contributed by atoms with Crippen molar-refractivity contribution in [2.24, 2.45) is 0 Å². The number of halogens is 2. The Balaban J connectivity index is 2.13. The highest BCUT2D eigenvalue weighted by Gasteiger charge is 2.24. The van der Waals surface area contributed by atoms with Gasteiger partial charge in [0.05, 0.1) is 12.6 Å². The Morgan fingerprint density at radius 2 is 2.05 bits per heavy atom. The van der Waals surface area contributed by atoms with Crippen molar-refractivity contribution in [2.75, 3.05) is 13.7 Å². The quantitative estimate of drug-likeness (QED) is 0.887. The Morgan fingerprint density at radius 1 is 1.25 bits per heavy atom. The zero-order valence-electron chi connectivity index (χ0n) is 11.1. The summed E-state index contributed by atoms with van der Waals surface area (Å²) in [6, 6.07) is 12.2. The minimum Gasteiger partial charge on any atom is -0.493 e. The van der Waals surface area contributed by atoms with Gasteiger partial charge in [-0.15, -0.1) is 0 Å². The number of rotatable bonds is 3. The molecule has 0 radical (unpaired) electrons. The van der Waals surface area contributed by atoms with Gasteiger partial charge in [0.15, 0.2) is 0 Å². The molecule has 0 spiro atoms. The van der Waals surface area contributed by atoms with Crippen LogP contribution in [0.2, 0.25) is 5.02 Å². The van der Waals surface area contributed by atoms with E-state index in [1.165, 1.54) is 5.56 Å². The lowest BCUT2D eigenvalue weighted by atomic mass is 9.96. The Kier molecular flexibility index (Phi) is 4.01. The van der Waals surface area contributed by atoms with Crippen LogP contribution in [0.15, 0.2) is 40.9 Å². The van der Waals surface area contributed by atoms with Crippen LogP contribution >= 0.6 is 27.5 Å². The Bertz CT molecular complexity index is 644. The predicted octanol–water partition coefficient (Wildman–Crippen LogP) is 4.35. The second kappa shape index (κ2) is 5.76. The van der Waals surface area contributed by atoms with Crippen molar-refractivity contribution >= 4 is 27.5 Å². The summed E-state index contributed by atoms with van der Waals surface area (Å²) in [5.41, 5.74) is 3.44. The van der Waals surface area contributed by atoms with E-state index in [1.54, 1.807) is 0 Å². The zero-order valence-corrected chi connectivity index (χ0v) is 13.5. The molecule has 4 heteroatoms. The molecule has 0 aromatic heterocycles. The first-order valence-electron chi connectivity index (χ1n) is 6.57. The van der Waals surface area contributed by atoms with Crippen molar-refractivity contribution in [1.29, 1.82) is 0 Å². The number of fused-ring (bicyclic) bond motifs is 1. The molecule has 2 nitrogen and oxygen atoms in total. The van der Waals surface area contributed by atoms with Gasteiger partial charge < -0.3 is 10.1 Å². The molecule has 1 unspecified atom stereocenters. The topological polar surface area (TPSA) is 21.3 Å². The summed E-state index contributed by atoms with van der Waals surface area (Å²) < 4.78 is 6.90. The van der Waals surface area contributed by atoms with Crippen molar-refractivity contribution in [3.05, 3.63) is 62.6 Å². The molecule has 1 N–H and O–H groups in total. The third-order valence-corrected chi connectivity index (χ3v) is 4.40. The molecule has 1 atom stereocenters. The summed E-state index contributed by atoms with van der Waals surface area (Å²) in [5.74, 6) is 0.993. The first kappa shape index (κ1) is 13.9. The standard InChI is InChI=1S/C16H15BrClNO/c1-19-15(12-4-2-3-5-14(12)18)13-9-11(17)8-10-6-7-20-16(10)13/h2-5,8-9,15,19H,6-7H2,1H3. The number of ether oxygens (including phenoxy) is 1. The third kappa shape index (κ3) is 2.46. The molecule has 0 saturated heterocycles. The molecule has 2 aromatic rings. The first-order chi connectivity index (χ1) is 9.70. The maximum atomic E-state index is 6.35. The minimum atomic E-state index is 0.0213. The fourth-order valence-electron chi connectivity index (χ4n) is 2.70. The van der Waals surface area contributed by atoms with Gasteiger partial charge in [0.25, 0.3) is 0 Å². The number of hydrogen-bond donors (Lipinski definition) is 1. The second-order valence-corrected chi connectivity index (χ2v) is 6.15. The first-order valence-corrected chi connectivity index (χ1v) is 7.74. The van der Waals surface area contributed by atoms with E-state index in [0.717, 1.165) is 39.4 Å². The summed E-state index contributed by atoms with van der Waals surface area (Å²) in [4.78, 5) is 0. The molecule has 1 aliphatic heterocycles. The number of benzene rings is 2. The van der Waals surface area contributed by atoms with Gasteiger partial charge in [-0.1, -0.05) is 45.7 Å². The highest BCUT2D eigenvalue weighted by atomic mass is 79.9. The zero-order chi connectivity index (χ0) is 14.1. The average molecular weight is 353 g/mol. The van der Waals surface area contributed by atoms with E-state index in [1.807, 2.05) is 31.3 Å². The normalized spacial score (nSPS) is 14.8. The molecule has 0 saturated carbocycles. The molecule has 1 heterocycles. The number of hydrogen-bond acceptors (Lipinski definition) is 2. The van der Waals surface area contributed by atoms with Gasteiger partial charge in [-0.25, -0.2) is 0 Å². The number of nitrogens with one attached hydrogen (secondary N) is 1. The lowest BCUT2D eigenvalue weighted by molar-refractivity contribution is 0.351. The maximum absolute atomic E-state index is 6.35. The molecule has 3 rings (SSSR count). The van der Waals surface area contributed by atoms with Gasteiger partial charge in [-0.05, 0) is 36.4 Å². The van der Waals surface area contributed by atoms with Crippen molar-refractivity contribution in [3.63, 3.8) is 0 Å². The highest BCUT2D eigenvalue weighted by molar-refractivity contribution is 9.10. The lowest BCUT2D eigenvalue weighted by Gasteiger charge is -2.21. The molecule has 104 valence electrons. The van der Waals surface area contributed by atoms with Crippen molar-refractivity contribution in [1.82, 2.24) is 5.32 Å². The van der Waals surface area contributed by atoms with Gasteiger partial charge >= 0.3 is 0 Å². The van der Waals surface area contributed by atoms with E-state index in [-0.39, 0.29) is 6.04 Å². The van der Waals surface area contributed by atoms with Crippen molar-refractivity contribution in [3.8, 4) is 5.75 Å². The monoisotopic (exact) mass is 351 g/mol. The predicted molar refractivity (Wildman–Crippen MR) is 85.7 cm³/mol. The van der Waals surface area contributed by atoms with Crippen LogP contribution in [0.4, 0.5) is 0 Å². The molecule has 2 aromatic carbocycles. The van der Waals surface area contributed by atoms with E-state index in [4.69, 9.17) is 16.3 Å². The van der Waals surface area contributed by atoms with Crippen LogP contribution in [0.1, 0.15) is 22.7 Å². The molecule has 0 fully saturated rings. The Hall–Kier alpha value is -1.03. The van der Waals surface area contributed by atoms with Crippen LogP contribution < -0.4 is 10.1 Å². The summed E-state index contributed by atoms with van der Waals surface area (Å²) >= 11 is 9.93. The Labute approximate surface area is 132 Å². The van der Waals surface area contributed by atoms with E-state index in [9.17, 15) is 0 Å². The molecular formula is C16H15BrClNO. The van der Waals surface area contributed by atoms with Crippen molar-refractivity contribution < 1.29 is 4.74 Å². The van der Waals surface area contributed by atoms with Gasteiger partial charge in [-0.3, -0.25) is 0 Å². The second-order valence-electron chi connectivity index (χ2n) is 4.82. The van der Waals surface area contributed by atoms with Crippen LogP contribution in [0.25, 0.3) is 0 Å². The Morgan fingerprint density at radius 3 is 2.80 bits per heavy atom. The average Bonchev–Trinajstić information content (AvgIpc) is 2.89. The SMILES string of the molecule is CNC(c1ccccc1Cl)c1cc(Br)cc2c1OCC2. The summed E-state index contributed by atoms with van der Waals surface area (Å²) in [6.45, 7) is 0.748. The maximum Gasteiger partial charge on any atom is 0.127 e. The van der Waals surface area contributed by atoms with E-state index in [2.05, 4.69) is 33.4 Å². The highest BCUT2D eigenvalue weighted by Crippen LogP contribution is 2.39. The van der Waals surface area contributed by atoms with Gasteiger partial charge in [0, 0.05) is 21.5 Å². The van der Waals surface area contributed by atoms with Crippen LogP contribution in [0, 0.1) is 0 Å². The minimum absolute atomic E-state index is 0.0213. The molecule has 0 bridgehead atoms. The van der Waals surface area contributed by atoms with Crippen LogP contribution in [0.5, 0.6) is 5.75 Å². The lowest BCUT2D eigenvalue weighted by Crippen LogP contribution is -2.18. The molecule has 20 heavy (non-hydrogen) atoms. The fraction of sp³-hybridized carbons (Fsp3) is 0.250. The molecule has 1 aliphatic rings. The van der Waals surface area contributed by atoms with Crippen LogP contribution in [-0.4, -0.2) is 13.7 Å². The van der Waals surface area contributed by atoms with Crippen molar-refractivity contribution in [2.45, 2.75) is 12.5 Å². The molecule has 0 amide bonds. The van der Waals surface area contributed by atoms with Gasteiger partial charge in [-0.2, -0.15) is 0 Å². The summed E-state index contributed by atoms with van der Waals surface area (Å²) in [6.07, 6.45) is 0.959.